The van der Waals surface area contributed by atoms with Crippen molar-refractivity contribution in [3.63, 3.8) is 0 Å². The summed E-state index contributed by atoms with van der Waals surface area (Å²) in [6.07, 6.45) is -5.83. The summed E-state index contributed by atoms with van der Waals surface area (Å²) in [7, 11) is 0. The molecule has 0 aromatic heterocycles. The van der Waals surface area contributed by atoms with E-state index in [0.29, 0.717) is 23.2 Å². The van der Waals surface area contributed by atoms with E-state index < -0.39 is 23.8 Å². The van der Waals surface area contributed by atoms with Gasteiger partial charge in [0.2, 0.25) is 0 Å². The summed E-state index contributed by atoms with van der Waals surface area (Å²) in [4.78, 5) is 12.0. The molecule has 2 aromatic carbocycles. The average Bonchev–Trinajstić information content (AvgIpc) is 2.59. The monoisotopic (exact) mass is 445 g/mol. The maximum atomic E-state index is 13.8. The molecule has 3 nitrogen and oxygen atoms in total. The Morgan fingerprint density at radius 2 is 1.72 bits per heavy atom. The van der Waals surface area contributed by atoms with Gasteiger partial charge in [-0.2, -0.15) is 13.2 Å². The van der Waals surface area contributed by atoms with Crippen molar-refractivity contribution in [1.82, 2.24) is 5.32 Å². The van der Waals surface area contributed by atoms with Gasteiger partial charge in [0.15, 0.2) is 5.60 Å². The summed E-state index contributed by atoms with van der Waals surface area (Å²) < 4.78 is 41.5. The Labute approximate surface area is 177 Å². The molecule has 0 saturated carbocycles. The van der Waals surface area contributed by atoms with Crippen molar-refractivity contribution < 1.29 is 23.1 Å². The molecule has 0 bridgehead atoms. The third-order valence-corrected chi connectivity index (χ3v) is 4.93. The number of amides is 1. The summed E-state index contributed by atoms with van der Waals surface area (Å²) in [6.45, 7) is 7.63. The van der Waals surface area contributed by atoms with E-state index in [9.17, 15) is 23.1 Å². The standard InChI is InChI=1S/C21H20Cl2F3NO2/c1-4-27-19(28)18-6-5-14(7-12(18)2)13(3)11-20(29,21(24,25)26)15-8-16(22)10-17(23)9-15/h5-10,29H,3-4,11H2,1-2H3,(H,27,28). The van der Waals surface area contributed by atoms with Crippen LogP contribution in [0.2, 0.25) is 10.0 Å². The number of hydrogen-bond acceptors (Lipinski definition) is 2. The zero-order valence-corrected chi connectivity index (χ0v) is 17.3. The van der Waals surface area contributed by atoms with Gasteiger partial charge in [-0.1, -0.05) is 41.9 Å². The highest BCUT2D eigenvalue weighted by atomic mass is 35.5. The number of aryl methyl sites for hydroxylation is 1. The minimum Gasteiger partial charge on any atom is -0.376 e. The predicted octanol–water partition coefficient (Wildman–Crippen LogP) is 5.90. The third kappa shape index (κ3) is 5.13. The SMILES string of the molecule is C=C(CC(O)(c1cc(Cl)cc(Cl)c1)C(F)(F)F)c1ccc(C(=O)NCC)c(C)c1. The van der Waals surface area contributed by atoms with Gasteiger partial charge in [0, 0.05) is 28.6 Å². The molecule has 0 spiro atoms. The van der Waals surface area contributed by atoms with Gasteiger partial charge in [-0.05, 0) is 60.4 Å². The fourth-order valence-electron chi connectivity index (χ4n) is 2.96. The Morgan fingerprint density at radius 1 is 1.14 bits per heavy atom. The number of alkyl halides is 3. The predicted molar refractivity (Wildman–Crippen MR) is 109 cm³/mol. The number of nitrogens with one attached hydrogen (secondary N) is 1. The van der Waals surface area contributed by atoms with Crippen LogP contribution in [-0.4, -0.2) is 23.7 Å². The van der Waals surface area contributed by atoms with Crippen molar-refractivity contribution in [1.29, 1.82) is 0 Å². The number of aliphatic hydroxyl groups is 1. The molecule has 2 N–H and O–H groups in total. The van der Waals surface area contributed by atoms with Gasteiger partial charge in [-0.15, -0.1) is 0 Å². The van der Waals surface area contributed by atoms with Gasteiger partial charge < -0.3 is 10.4 Å². The van der Waals surface area contributed by atoms with E-state index in [2.05, 4.69) is 11.9 Å². The summed E-state index contributed by atoms with van der Waals surface area (Å²) in [5, 5.41) is 13.2. The number of halogens is 5. The lowest BCUT2D eigenvalue weighted by atomic mass is 9.84. The molecule has 2 rings (SSSR count). The van der Waals surface area contributed by atoms with Gasteiger partial charge in [-0.25, -0.2) is 0 Å². The lowest BCUT2D eigenvalue weighted by Gasteiger charge is -2.32. The molecule has 1 atom stereocenters. The van der Waals surface area contributed by atoms with Crippen molar-refractivity contribution in [2.24, 2.45) is 0 Å². The van der Waals surface area contributed by atoms with Crippen molar-refractivity contribution in [3.8, 4) is 0 Å². The highest BCUT2D eigenvalue weighted by Gasteiger charge is 2.55. The van der Waals surface area contributed by atoms with E-state index in [4.69, 9.17) is 23.2 Å². The fraction of sp³-hybridized carbons (Fsp3) is 0.286. The molecule has 2 aromatic rings. The van der Waals surface area contributed by atoms with E-state index in [-0.39, 0.29) is 21.5 Å². The average molecular weight is 446 g/mol. The Balaban J connectivity index is 2.41. The minimum absolute atomic E-state index is 0.0251. The highest BCUT2D eigenvalue weighted by Crippen LogP contribution is 2.46. The maximum absolute atomic E-state index is 13.8. The second kappa shape index (κ2) is 8.78. The third-order valence-electron chi connectivity index (χ3n) is 4.49. The van der Waals surface area contributed by atoms with E-state index in [1.165, 1.54) is 18.2 Å². The Morgan fingerprint density at radius 3 is 2.21 bits per heavy atom. The van der Waals surface area contributed by atoms with Gasteiger partial charge in [-0.3, -0.25) is 4.79 Å². The van der Waals surface area contributed by atoms with Crippen LogP contribution in [-0.2, 0) is 5.60 Å². The van der Waals surface area contributed by atoms with Crippen LogP contribution in [0.3, 0.4) is 0 Å². The number of benzene rings is 2. The van der Waals surface area contributed by atoms with Gasteiger partial charge in [0.05, 0.1) is 0 Å². The van der Waals surface area contributed by atoms with Crippen molar-refractivity contribution >= 4 is 34.7 Å². The quantitative estimate of drug-likeness (QED) is 0.580. The van der Waals surface area contributed by atoms with Crippen LogP contribution in [0.1, 0.15) is 40.4 Å². The smallest absolute Gasteiger partial charge is 0.376 e. The van der Waals surface area contributed by atoms with Crippen molar-refractivity contribution in [2.75, 3.05) is 6.54 Å². The Bertz CT molecular complexity index is 924. The lowest BCUT2D eigenvalue weighted by molar-refractivity contribution is -0.264. The Kier molecular flexibility index (Phi) is 7.04. The van der Waals surface area contributed by atoms with Gasteiger partial charge in [0.1, 0.15) is 0 Å². The molecule has 156 valence electrons. The van der Waals surface area contributed by atoms with Gasteiger partial charge >= 0.3 is 6.18 Å². The largest absolute Gasteiger partial charge is 0.421 e. The molecular formula is C21H20Cl2F3NO2. The molecule has 0 saturated heterocycles. The van der Waals surface area contributed by atoms with E-state index >= 15 is 0 Å². The molecule has 0 aliphatic rings. The Hall–Kier alpha value is -2.02. The summed E-state index contributed by atoms with van der Waals surface area (Å²) >= 11 is 11.7. The first-order valence-electron chi connectivity index (χ1n) is 8.71. The highest BCUT2D eigenvalue weighted by molar-refractivity contribution is 6.34. The number of carbonyl (C=O) groups excluding carboxylic acids is 1. The molecular weight excluding hydrogens is 426 g/mol. The number of carbonyl (C=O) groups is 1. The first-order chi connectivity index (χ1) is 13.4. The van der Waals surface area contributed by atoms with Crippen molar-refractivity contribution in [2.45, 2.75) is 32.0 Å². The molecule has 0 radical (unpaired) electrons. The second-order valence-electron chi connectivity index (χ2n) is 6.69. The molecule has 0 aliphatic heterocycles. The summed E-state index contributed by atoms with van der Waals surface area (Å²) in [5.41, 5.74) is -2.28. The van der Waals surface area contributed by atoms with E-state index in [1.807, 2.05) is 0 Å². The molecule has 0 fully saturated rings. The molecule has 0 heterocycles. The van der Waals surface area contributed by atoms with E-state index in [0.717, 1.165) is 12.1 Å². The molecule has 8 heteroatoms. The van der Waals surface area contributed by atoms with Crippen LogP contribution in [0.4, 0.5) is 13.2 Å². The number of hydrogen-bond donors (Lipinski definition) is 2. The van der Waals surface area contributed by atoms with Gasteiger partial charge in [0.25, 0.3) is 5.91 Å². The normalized spacial score (nSPS) is 13.7. The topological polar surface area (TPSA) is 49.3 Å². The molecule has 1 unspecified atom stereocenters. The first-order valence-corrected chi connectivity index (χ1v) is 9.47. The molecule has 0 aliphatic carbocycles. The van der Waals surface area contributed by atoms with Crippen LogP contribution in [0, 0.1) is 6.92 Å². The summed E-state index contributed by atoms with van der Waals surface area (Å²) in [6, 6.07) is 7.91. The van der Waals surface area contributed by atoms with Crippen LogP contribution in [0.5, 0.6) is 0 Å². The summed E-state index contributed by atoms with van der Waals surface area (Å²) in [5.74, 6) is -0.275. The minimum atomic E-state index is -5.00. The zero-order valence-electron chi connectivity index (χ0n) is 15.8. The number of rotatable bonds is 6. The van der Waals surface area contributed by atoms with Crippen LogP contribution in [0.15, 0.2) is 43.0 Å². The van der Waals surface area contributed by atoms with Crippen LogP contribution in [0.25, 0.3) is 5.57 Å². The lowest BCUT2D eigenvalue weighted by Crippen LogP contribution is -2.42. The molecule has 29 heavy (non-hydrogen) atoms. The first kappa shape index (κ1) is 23.3. The maximum Gasteiger partial charge on any atom is 0.421 e. The van der Waals surface area contributed by atoms with Crippen molar-refractivity contribution in [3.05, 3.63) is 75.3 Å². The van der Waals surface area contributed by atoms with Crippen LogP contribution >= 0.6 is 23.2 Å². The molecule has 1 amide bonds. The van der Waals surface area contributed by atoms with Crippen LogP contribution < -0.4 is 5.32 Å². The zero-order chi connectivity index (χ0) is 22.0. The fourth-order valence-corrected chi connectivity index (χ4v) is 3.49. The van der Waals surface area contributed by atoms with E-state index in [1.54, 1.807) is 19.9 Å². The second-order valence-corrected chi connectivity index (χ2v) is 7.56.